The van der Waals surface area contributed by atoms with Gasteiger partial charge in [-0.15, -0.1) is 0 Å². The number of halogens is 2. The van der Waals surface area contributed by atoms with E-state index in [1.165, 1.54) is 9.21 Å². The highest BCUT2D eigenvalue weighted by molar-refractivity contribution is 7.92. The van der Waals surface area contributed by atoms with Crippen molar-refractivity contribution in [3.05, 3.63) is 64.1 Å². The van der Waals surface area contributed by atoms with E-state index in [0.29, 0.717) is 22.2 Å². The molecule has 2 aromatic rings. The predicted octanol–water partition coefficient (Wildman–Crippen LogP) is 5.26. The molecule has 0 heterocycles. The topological polar surface area (TPSA) is 86.8 Å². The molecule has 0 radical (unpaired) electrons. The van der Waals surface area contributed by atoms with Crippen LogP contribution < -0.4 is 9.62 Å². The third-order valence-corrected chi connectivity index (χ3v) is 7.26. The van der Waals surface area contributed by atoms with Crippen molar-refractivity contribution in [2.24, 2.45) is 0 Å². The molecule has 0 aliphatic rings. The van der Waals surface area contributed by atoms with E-state index >= 15 is 0 Å². The Morgan fingerprint density at radius 1 is 1.03 bits per heavy atom. The second-order valence-corrected chi connectivity index (χ2v) is 12.4. The van der Waals surface area contributed by atoms with Crippen molar-refractivity contribution >= 4 is 50.7 Å². The third-order valence-electron chi connectivity index (χ3n) is 5.45. The predicted molar refractivity (Wildman–Crippen MR) is 147 cm³/mol. The quantitative estimate of drug-likeness (QED) is 0.409. The lowest BCUT2D eigenvalue weighted by molar-refractivity contribution is -0.142. The molecule has 1 atom stereocenters. The molecule has 2 aromatic carbocycles. The summed E-state index contributed by atoms with van der Waals surface area (Å²) >= 11 is 12.3. The van der Waals surface area contributed by atoms with Gasteiger partial charge >= 0.3 is 0 Å². The third kappa shape index (κ3) is 8.98. The van der Waals surface area contributed by atoms with Gasteiger partial charge in [0, 0.05) is 35.1 Å². The summed E-state index contributed by atoms with van der Waals surface area (Å²) in [7, 11) is -3.57. The number of nitrogens with one attached hydrogen (secondary N) is 1. The Bertz CT molecular complexity index is 1150. The van der Waals surface area contributed by atoms with Gasteiger partial charge in [0.1, 0.15) is 6.04 Å². The number of rotatable bonds is 11. The van der Waals surface area contributed by atoms with Gasteiger partial charge < -0.3 is 10.2 Å². The Balaban J connectivity index is 2.24. The first-order chi connectivity index (χ1) is 16.7. The number of hydrogen-bond donors (Lipinski definition) is 1. The summed E-state index contributed by atoms with van der Waals surface area (Å²) in [6.07, 6.45) is 1.86. The molecule has 0 fully saturated rings. The second kappa shape index (κ2) is 12.8. The number of amides is 2. The fourth-order valence-electron chi connectivity index (χ4n) is 3.79. The summed E-state index contributed by atoms with van der Waals surface area (Å²) in [4.78, 5) is 28.1. The SMILES string of the molecule is CC[C@@H](C(=O)NC(C)(C)C)N(Cc1ccccc1Cl)C(=O)CCCN(c1ccc(Cl)cc1)S(C)(=O)=O. The van der Waals surface area contributed by atoms with Crippen LogP contribution in [0.2, 0.25) is 10.0 Å². The van der Waals surface area contributed by atoms with E-state index in [0.717, 1.165) is 11.8 Å². The van der Waals surface area contributed by atoms with Crippen LogP contribution in [0.5, 0.6) is 0 Å². The lowest BCUT2D eigenvalue weighted by atomic mass is 10.0. The lowest BCUT2D eigenvalue weighted by Crippen LogP contribution is -2.53. The van der Waals surface area contributed by atoms with E-state index in [1.807, 2.05) is 39.8 Å². The molecular weight excluding hydrogens is 521 g/mol. The van der Waals surface area contributed by atoms with Crippen molar-refractivity contribution < 1.29 is 18.0 Å². The first kappa shape index (κ1) is 29.9. The van der Waals surface area contributed by atoms with E-state index in [-0.39, 0.29) is 37.7 Å². The van der Waals surface area contributed by atoms with Gasteiger partial charge in [-0.05, 0) is 69.5 Å². The molecule has 198 valence electrons. The molecular formula is C26H35Cl2N3O4S. The van der Waals surface area contributed by atoms with Crippen molar-refractivity contribution in [1.29, 1.82) is 0 Å². The number of nitrogens with zero attached hydrogens (tertiary/aromatic N) is 2. The zero-order valence-corrected chi connectivity index (χ0v) is 23.8. The largest absolute Gasteiger partial charge is 0.350 e. The number of hydrogen-bond acceptors (Lipinski definition) is 4. The zero-order valence-electron chi connectivity index (χ0n) is 21.4. The van der Waals surface area contributed by atoms with Crippen molar-refractivity contribution in [3.8, 4) is 0 Å². The average Bonchev–Trinajstić information content (AvgIpc) is 2.76. The van der Waals surface area contributed by atoms with E-state index in [2.05, 4.69) is 5.32 Å². The maximum atomic E-state index is 13.5. The lowest BCUT2D eigenvalue weighted by Gasteiger charge is -2.33. The number of carbonyl (C=O) groups excluding carboxylic acids is 2. The van der Waals surface area contributed by atoms with Crippen LogP contribution in [-0.2, 0) is 26.2 Å². The molecule has 0 spiro atoms. The molecule has 0 saturated heterocycles. The summed E-state index contributed by atoms with van der Waals surface area (Å²) in [6, 6.07) is 13.0. The zero-order chi connectivity index (χ0) is 27.1. The average molecular weight is 557 g/mol. The number of benzene rings is 2. The van der Waals surface area contributed by atoms with Crippen LogP contribution in [0, 0.1) is 0 Å². The first-order valence-electron chi connectivity index (χ1n) is 11.8. The molecule has 0 aromatic heterocycles. The van der Waals surface area contributed by atoms with Crippen molar-refractivity contribution in [2.75, 3.05) is 17.1 Å². The molecule has 0 aliphatic carbocycles. The first-order valence-corrected chi connectivity index (χ1v) is 14.4. The molecule has 2 amide bonds. The number of anilines is 1. The Labute approximate surface area is 224 Å². The number of carbonyl (C=O) groups is 2. The minimum absolute atomic E-state index is 0.0589. The van der Waals surface area contributed by atoms with Crippen LogP contribution >= 0.6 is 23.2 Å². The highest BCUT2D eigenvalue weighted by Gasteiger charge is 2.31. The van der Waals surface area contributed by atoms with Crippen LogP contribution in [0.15, 0.2) is 48.5 Å². The molecule has 0 saturated carbocycles. The molecule has 7 nitrogen and oxygen atoms in total. The van der Waals surface area contributed by atoms with Crippen LogP contribution in [0.3, 0.4) is 0 Å². The fourth-order valence-corrected chi connectivity index (χ4v) is 5.08. The highest BCUT2D eigenvalue weighted by atomic mass is 35.5. The van der Waals surface area contributed by atoms with Crippen LogP contribution in [-0.4, -0.2) is 49.5 Å². The van der Waals surface area contributed by atoms with Crippen molar-refractivity contribution in [1.82, 2.24) is 10.2 Å². The van der Waals surface area contributed by atoms with E-state index in [9.17, 15) is 18.0 Å². The monoisotopic (exact) mass is 555 g/mol. The van der Waals surface area contributed by atoms with Crippen LogP contribution in [0.1, 0.15) is 52.5 Å². The molecule has 1 N–H and O–H groups in total. The van der Waals surface area contributed by atoms with E-state index in [1.54, 1.807) is 36.4 Å². The van der Waals surface area contributed by atoms with Gasteiger partial charge in [0.15, 0.2) is 0 Å². The van der Waals surface area contributed by atoms with Gasteiger partial charge in [-0.2, -0.15) is 0 Å². The van der Waals surface area contributed by atoms with Gasteiger partial charge in [0.25, 0.3) is 0 Å². The number of sulfonamides is 1. The molecule has 0 aliphatic heterocycles. The van der Waals surface area contributed by atoms with Gasteiger partial charge in [0.05, 0.1) is 11.9 Å². The minimum Gasteiger partial charge on any atom is -0.350 e. The molecule has 2 rings (SSSR count). The molecule has 0 unspecified atom stereocenters. The van der Waals surface area contributed by atoms with E-state index in [4.69, 9.17) is 23.2 Å². The van der Waals surface area contributed by atoms with Gasteiger partial charge in [-0.1, -0.05) is 48.3 Å². The normalized spacial score (nSPS) is 12.6. The van der Waals surface area contributed by atoms with Gasteiger partial charge in [-0.25, -0.2) is 8.42 Å². The summed E-state index contributed by atoms with van der Waals surface area (Å²) in [5.41, 5.74) is 0.741. The second-order valence-electron chi connectivity index (χ2n) is 9.69. The highest BCUT2D eigenvalue weighted by Crippen LogP contribution is 2.23. The Hall–Kier alpha value is -2.29. The minimum atomic E-state index is -3.57. The van der Waals surface area contributed by atoms with Crippen molar-refractivity contribution in [2.45, 2.75) is 65.1 Å². The Morgan fingerprint density at radius 2 is 1.64 bits per heavy atom. The summed E-state index contributed by atoms with van der Waals surface area (Å²) < 4.78 is 26.1. The Kier molecular flexibility index (Phi) is 10.6. The maximum Gasteiger partial charge on any atom is 0.243 e. The molecule has 36 heavy (non-hydrogen) atoms. The Morgan fingerprint density at radius 3 is 2.17 bits per heavy atom. The molecule has 0 bridgehead atoms. The summed E-state index contributed by atoms with van der Waals surface area (Å²) in [6.45, 7) is 7.78. The standard InChI is InChI=1S/C26H35Cl2N3O4S/c1-6-23(25(33)29-26(2,3)4)30(18-19-10-7-8-11-22(19)28)24(32)12-9-17-31(36(5,34)35)21-15-13-20(27)14-16-21/h7-8,10-11,13-16,23H,6,9,12,17-18H2,1-5H3,(H,29,33)/t23-/m0/s1. The fraction of sp³-hybridized carbons (Fsp3) is 0.462. The molecule has 10 heteroatoms. The van der Waals surface area contributed by atoms with Crippen LogP contribution in [0.25, 0.3) is 0 Å². The van der Waals surface area contributed by atoms with Crippen LogP contribution in [0.4, 0.5) is 5.69 Å². The summed E-state index contributed by atoms with van der Waals surface area (Å²) in [5, 5.41) is 3.97. The van der Waals surface area contributed by atoms with E-state index < -0.39 is 21.6 Å². The van der Waals surface area contributed by atoms with Gasteiger partial charge in [0.2, 0.25) is 21.8 Å². The van der Waals surface area contributed by atoms with Crippen molar-refractivity contribution in [3.63, 3.8) is 0 Å². The smallest absolute Gasteiger partial charge is 0.243 e. The van der Waals surface area contributed by atoms with Gasteiger partial charge in [-0.3, -0.25) is 13.9 Å². The maximum absolute atomic E-state index is 13.5. The summed E-state index contributed by atoms with van der Waals surface area (Å²) in [5.74, 6) is -0.500.